The fourth-order valence-electron chi connectivity index (χ4n) is 2.78. The molecule has 1 fully saturated rings. The Labute approximate surface area is 142 Å². The molecule has 0 bridgehead atoms. The van der Waals surface area contributed by atoms with Crippen LogP contribution in [0.3, 0.4) is 0 Å². The molecule has 1 amide bonds. The molecule has 7 heteroatoms. The summed E-state index contributed by atoms with van der Waals surface area (Å²) in [5.74, 6) is 0.321. The topological polar surface area (TPSA) is 89.5 Å². The van der Waals surface area contributed by atoms with Crippen molar-refractivity contribution in [3.05, 3.63) is 29.8 Å². The Balaban J connectivity index is 1.84. The normalized spacial score (nSPS) is 22.1. The van der Waals surface area contributed by atoms with Crippen LogP contribution in [-0.4, -0.2) is 43.8 Å². The van der Waals surface area contributed by atoms with Gasteiger partial charge in [0.2, 0.25) is 5.91 Å². The Kier molecular flexibility index (Phi) is 5.64. The predicted octanol–water partition coefficient (Wildman–Crippen LogP) is 1.74. The van der Waals surface area contributed by atoms with Gasteiger partial charge in [-0.1, -0.05) is 0 Å². The number of hydrogen-bond donors (Lipinski definition) is 1. The maximum Gasteiger partial charge on any atom is 0.220 e. The maximum atomic E-state index is 12.1. The number of ether oxygens (including phenoxy) is 1. The van der Waals surface area contributed by atoms with Gasteiger partial charge in [-0.2, -0.15) is 0 Å². The van der Waals surface area contributed by atoms with E-state index in [9.17, 15) is 18.0 Å². The molecule has 1 heterocycles. The van der Waals surface area contributed by atoms with E-state index in [-0.39, 0.29) is 36.0 Å². The number of Topliss-reactive ketones (excluding diaryl/α,β-unsaturated/α-hetero) is 1. The average Bonchev–Trinajstić information content (AvgIpc) is 2.79. The number of hydrogen-bond acceptors (Lipinski definition) is 5. The molecule has 1 aliphatic heterocycles. The van der Waals surface area contributed by atoms with Crippen LogP contribution in [0.25, 0.3) is 0 Å². The predicted molar refractivity (Wildman–Crippen MR) is 91.0 cm³/mol. The molecule has 1 N–H and O–H groups in total. The van der Waals surface area contributed by atoms with Crippen molar-refractivity contribution in [3.8, 4) is 5.75 Å². The van der Waals surface area contributed by atoms with E-state index in [1.54, 1.807) is 31.2 Å². The number of rotatable bonds is 7. The van der Waals surface area contributed by atoms with Crippen molar-refractivity contribution in [2.75, 3.05) is 18.1 Å². The second kappa shape index (κ2) is 7.34. The zero-order valence-corrected chi connectivity index (χ0v) is 14.8. The summed E-state index contributed by atoms with van der Waals surface area (Å²) in [5.41, 5.74) is -0.195. The number of amides is 1. The van der Waals surface area contributed by atoms with Gasteiger partial charge in [-0.25, -0.2) is 8.42 Å². The van der Waals surface area contributed by atoms with E-state index in [1.165, 1.54) is 0 Å². The first kappa shape index (κ1) is 18.4. The summed E-state index contributed by atoms with van der Waals surface area (Å²) in [4.78, 5) is 24.1. The van der Waals surface area contributed by atoms with Gasteiger partial charge in [0.1, 0.15) is 5.75 Å². The van der Waals surface area contributed by atoms with Gasteiger partial charge < -0.3 is 10.1 Å². The Morgan fingerprint density at radius 3 is 2.42 bits per heavy atom. The fraction of sp³-hybridized carbons (Fsp3) is 0.529. The highest BCUT2D eigenvalue weighted by Gasteiger charge is 2.39. The highest BCUT2D eigenvalue weighted by Crippen LogP contribution is 2.23. The molecule has 0 radical (unpaired) electrons. The summed E-state index contributed by atoms with van der Waals surface area (Å²) >= 11 is 0. The van der Waals surface area contributed by atoms with Gasteiger partial charge in [0.15, 0.2) is 15.6 Å². The molecule has 1 atom stereocenters. The summed E-state index contributed by atoms with van der Waals surface area (Å²) in [5, 5.41) is 2.75. The highest BCUT2D eigenvalue weighted by molar-refractivity contribution is 7.91. The van der Waals surface area contributed by atoms with Crippen LogP contribution < -0.4 is 10.1 Å². The number of benzene rings is 1. The molecular weight excluding hydrogens is 330 g/mol. The van der Waals surface area contributed by atoms with E-state index in [1.807, 2.05) is 6.92 Å². The molecule has 0 aliphatic carbocycles. The third-order valence-electron chi connectivity index (χ3n) is 4.01. The van der Waals surface area contributed by atoms with E-state index in [2.05, 4.69) is 5.32 Å². The lowest BCUT2D eigenvalue weighted by molar-refractivity contribution is -0.122. The third-order valence-corrected chi connectivity index (χ3v) is 5.91. The van der Waals surface area contributed by atoms with Gasteiger partial charge in [-0.3, -0.25) is 9.59 Å². The summed E-state index contributed by atoms with van der Waals surface area (Å²) in [7, 11) is -3.08. The fourth-order valence-corrected chi connectivity index (χ4v) is 4.88. The van der Waals surface area contributed by atoms with Crippen LogP contribution >= 0.6 is 0 Å². The molecule has 132 valence electrons. The van der Waals surface area contributed by atoms with Crippen molar-refractivity contribution >= 4 is 21.5 Å². The van der Waals surface area contributed by atoms with E-state index in [0.717, 1.165) is 0 Å². The molecule has 0 spiro atoms. The maximum absolute atomic E-state index is 12.1. The molecule has 0 aromatic heterocycles. The minimum atomic E-state index is -3.08. The number of carbonyl (C=O) groups excluding carboxylic acids is 2. The first-order valence-corrected chi connectivity index (χ1v) is 9.83. The highest BCUT2D eigenvalue weighted by atomic mass is 32.2. The van der Waals surface area contributed by atoms with Crippen LogP contribution in [0.15, 0.2) is 24.3 Å². The Morgan fingerprint density at radius 2 is 1.88 bits per heavy atom. The lowest BCUT2D eigenvalue weighted by Gasteiger charge is -2.23. The standard InChI is InChI=1S/C17H23NO5S/c1-3-23-14-6-4-13(5-7-14)15(19)8-9-16(20)18-17(2)10-11-24(21,22)12-17/h4-7H,3,8-12H2,1-2H3,(H,18,20)/t17-/m0/s1. The Morgan fingerprint density at radius 1 is 1.21 bits per heavy atom. The van der Waals surface area contributed by atoms with Gasteiger partial charge in [-0.15, -0.1) is 0 Å². The minimum Gasteiger partial charge on any atom is -0.494 e. The number of carbonyl (C=O) groups is 2. The zero-order chi connectivity index (χ0) is 17.8. The molecule has 1 aromatic carbocycles. The third kappa shape index (κ3) is 5.06. The molecule has 1 aromatic rings. The molecule has 0 unspecified atom stereocenters. The van der Waals surface area contributed by atoms with E-state index in [4.69, 9.17) is 4.74 Å². The van der Waals surface area contributed by atoms with Gasteiger partial charge in [-0.05, 0) is 44.5 Å². The summed E-state index contributed by atoms with van der Waals surface area (Å²) in [6, 6.07) is 6.80. The van der Waals surface area contributed by atoms with Crippen molar-refractivity contribution < 1.29 is 22.7 Å². The van der Waals surface area contributed by atoms with Crippen LogP contribution in [0.5, 0.6) is 5.75 Å². The Bertz CT molecular complexity index is 711. The van der Waals surface area contributed by atoms with Gasteiger partial charge in [0, 0.05) is 18.4 Å². The number of ketones is 1. The van der Waals surface area contributed by atoms with Crippen molar-refractivity contribution in [3.63, 3.8) is 0 Å². The molecule has 0 saturated carbocycles. The summed E-state index contributed by atoms with van der Waals surface area (Å²) < 4.78 is 28.4. The van der Waals surface area contributed by atoms with Crippen LogP contribution in [0.2, 0.25) is 0 Å². The largest absolute Gasteiger partial charge is 0.494 e. The first-order valence-electron chi connectivity index (χ1n) is 8.00. The van der Waals surface area contributed by atoms with Gasteiger partial charge in [0.05, 0.1) is 23.7 Å². The molecule has 2 rings (SSSR count). The van der Waals surface area contributed by atoms with Crippen LogP contribution in [-0.2, 0) is 14.6 Å². The molecule has 1 aliphatic rings. The zero-order valence-electron chi connectivity index (χ0n) is 14.0. The van der Waals surface area contributed by atoms with E-state index < -0.39 is 15.4 Å². The minimum absolute atomic E-state index is 0.0431. The second-order valence-corrected chi connectivity index (χ2v) is 8.52. The summed E-state index contributed by atoms with van der Waals surface area (Å²) in [6.45, 7) is 4.17. The lowest BCUT2D eigenvalue weighted by Crippen LogP contribution is -2.46. The number of sulfone groups is 1. The monoisotopic (exact) mass is 353 g/mol. The second-order valence-electron chi connectivity index (χ2n) is 6.33. The first-order chi connectivity index (χ1) is 11.2. The van der Waals surface area contributed by atoms with E-state index in [0.29, 0.717) is 24.3 Å². The Hall–Kier alpha value is -1.89. The molecule has 24 heavy (non-hydrogen) atoms. The smallest absolute Gasteiger partial charge is 0.220 e. The quantitative estimate of drug-likeness (QED) is 0.754. The SMILES string of the molecule is CCOc1ccc(C(=O)CCC(=O)N[C@@]2(C)CCS(=O)(=O)C2)cc1. The van der Waals surface area contributed by atoms with Crippen LogP contribution in [0, 0.1) is 0 Å². The van der Waals surface area contributed by atoms with Crippen molar-refractivity contribution in [1.82, 2.24) is 5.32 Å². The van der Waals surface area contributed by atoms with Crippen molar-refractivity contribution in [2.45, 2.75) is 38.6 Å². The summed E-state index contributed by atoms with van der Waals surface area (Å²) in [6.07, 6.45) is 0.540. The van der Waals surface area contributed by atoms with Crippen LogP contribution in [0.4, 0.5) is 0 Å². The molecular formula is C17H23NO5S. The lowest BCUT2D eigenvalue weighted by atomic mass is 10.0. The van der Waals surface area contributed by atoms with Gasteiger partial charge >= 0.3 is 0 Å². The average molecular weight is 353 g/mol. The molecule has 1 saturated heterocycles. The van der Waals surface area contributed by atoms with E-state index >= 15 is 0 Å². The van der Waals surface area contributed by atoms with Crippen molar-refractivity contribution in [2.24, 2.45) is 0 Å². The van der Waals surface area contributed by atoms with Crippen molar-refractivity contribution in [1.29, 1.82) is 0 Å². The molecule has 6 nitrogen and oxygen atoms in total. The van der Waals surface area contributed by atoms with Crippen LogP contribution in [0.1, 0.15) is 43.5 Å². The number of nitrogens with one attached hydrogen (secondary N) is 1. The van der Waals surface area contributed by atoms with Gasteiger partial charge in [0.25, 0.3) is 0 Å².